The number of halogens is 1. The first kappa shape index (κ1) is 21.2. The maximum Gasteiger partial charge on any atom is 0.333 e. The molecule has 0 saturated carbocycles. The lowest BCUT2D eigenvalue weighted by molar-refractivity contribution is 0.181. The van der Waals surface area contributed by atoms with Crippen LogP contribution in [-0.2, 0) is 25.4 Å². The Labute approximate surface area is 193 Å². The number of rotatable bonds is 5. The number of fused-ring (bicyclic) bond motifs is 3. The Balaban J connectivity index is 1.80. The van der Waals surface area contributed by atoms with Gasteiger partial charge in [-0.2, -0.15) is 5.10 Å². The van der Waals surface area contributed by atoms with E-state index in [0.717, 1.165) is 27.6 Å². The predicted molar refractivity (Wildman–Crippen MR) is 126 cm³/mol. The molecule has 5 rings (SSSR count). The van der Waals surface area contributed by atoms with Crippen molar-refractivity contribution in [2.75, 3.05) is 14.2 Å². The minimum atomic E-state index is -0.229. The van der Waals surface area contributed by atoms with Crippen molar-refractivity contribution in [2.45, 2.75) is 6.61 Å². The molecular formula is C23H21ClN6O3. The molecule has 0 aliphatic carbocycles. The monoisotopic (exact) mass is 464 g/mol. The first-order valence-corrected chi connectivity index (χ1v) is 10.5. The fraction of sp³-hybridized carbons (Fsp3) is 0.217. The SMILES string of the molecule is COCc1cc(-c2ccc3ncc4c(c3c2)n(-c2cn(C)nc2Cl)c(=O)n4C)cnc1OC. The first-order chi connectivity index (χ1) is 15.9. The normalized spacial score (nSPS) is 11.5. The fourth-order valence-corrected chi connectivity index (χ4v) is 4.35. The van der Waals surface area contributed by atoms with E-state index >= 15 is 0 Å². The molecule has 0 radical (unpaired) electrons. The van der Waals surface area contributed by atoms with Gasteiger partial charge in [-0.3, -0.25) is 18.8 Å². The van der Waals surface area contributed by atoms with Crippen LogP contribution in [-0.4, -0.2) is 43.1 Å². The number of pyridine rings is 2. The summed E-state index contributed by atoms with van der Waals surface area (Å²) < 4.78 is 15.4. The summed E-state index contributed by atoms with van der Waals surface area (Å²) in [5, 5.41) is 5.26. The zero-order chi connectivity index (χ0) is 23.3. The number of aryl methyl sites for hydroxylation is 2. The summed E-state index contributed by atoms with van der Waals surface area (Å²) in [5.74, 6) is 0.522. The van der Waals surface area contributed by atoms with Crippen molar-refractivity contribution in [2.24, 2.45) is 14.1 Å². The smallest absolute Gasteiger partial charge is 0.333 e. The van der Waals surface area contributed by atoms with Gasteiger partial charge < -0.3 is 9.47 Å². The maximum absolute atomic E-state index is 13.2. The molecule has 168 valence electrons. The summed E-state index contributed by atoms with van der Waals surface area (Å²) in [5.41, 5.74) is 5.10. The van der Waals surface area contributed by atoms with Crippen LogP contribution >= 0.6 is 11.6 Å². The zero-order valence-electron chi connectivity index (χ0n) is 18.5. The van der Waals surface area contributed by atoms with E-state index in [1.807, 2.05) is 24.3 Å². The van der Waals surface area contributed by atoms with Gasteiger partial charge in [0, 0.05) is 43.9 Å². The van der Waals surface area contributed by atoms with Crippen LogP contribution in [0.3, 0.4) is 0 Å². The number of aromatic nitrogens is 6. The highest BCUT2D eigenvalue weighted by molar-refractivity contribution is 6.31. The second kappa shape index (κ2) is 8.02. The number of ether oxygens (including phenoxy) is 2. The first-order valence-electron chi connectivity index (χ1n) is 10.1. The molecule has 0 atom stereocenters. The van der Waals surface area contributed by atoms with Crippen molar-refractivity contribution < 1.29 is 9.47 Å². The Morgan fingerprint density at radius 1 is 1.06 bits per heavy atom. The molecule has 0 fully saturated rings. The molecule has 4 aromatic heterocycles. The number of imidazole rings is 1. The van der Waals surface area contributed by atoms with Crippen LogP contribution in [0.1, 0.15) is 5.56 Å². The van der Waals surface area contributed by atoms with Gasteiger partial charge in [-0.15, -0.1) is 0 Å². The molecule has 9 nitrogen and oxygen atoms in total. The number of hydrogen-bond donors (Lipinski definition) is 0. The minimum Gasteiger partial charge on any atom is -0.481 e. The Bertz CT molecular complexity index is 1580. The van der Waals surface area contributed by atoms with Crippen molar-refractivity contribution in [3.63, 3.8) is 0 Å². The summed E-state index contributed by atoms with van der Waals surface area (Å²) in [6, 6.07) is 7.89. The lowest BCUT2D eigenvalue weighted by atomic mass is 10.0. The van der Waals surface area contributed by atoms with E-state index in [0.29, 0.717) is 29.2 Å². The van der Waals surface area contributed by atoms with Gasteiger partial charge in [0.1, 0.15) is 5.69 Å². The molecular weight excluding hydrogens is 444 g/mol. The molecule has 0 bridgehead atoms. The van der Waals surface area contributed by atoms with E-state index in [1.165, 1.54) is 0 Å². The molecule has 0 spiro atoms. The number of nitrogens with zero attached hydrogens (tertiary/aromatic N) is 6. The molecule has 33 heavy (non-hydrogen) atoms. The third-order valence-electron chi connectivity index (χ3n) is 5.64. The van der Waals surface area contributed by atoms with Gasteiger partial charge in [-0.1, -0.05) is 17.7 Å². The molecule has 0 aliphatic heterocycles. The van der Waals surface area contributed by atoms with Gasteiger partial charge in [0.15, 0.2) is 5.15 Å². The van der Waals surface area contributed by atoms with E-state index in [1.54, 1.807) is 60.7 Å². The molecule has 1 aromatic carbocycles. The van der Waals surface area contributed by atoms with E-state index in [4.69, 9.17) is 21.1 Å². The summed E-state index contributed by atoms with van der Waals surface area (Å²) in [4.78, 5) is 22.2. The van der Waals surface area contributed by atoms with Gasteiger partial charge in [0.25, 0.3) is 0 Å². The topological polar surface area (TPSA) is 89.0 Å². The van der Waals surface area contributed by atoms with E-state index in [2.05, 4.69) is 15.1 Å². The lowest BCUT2D eigenvalue weighted by Crippen LogP contribution is -2.20. The van der Waals surface area contributed by atoms with Crippen LogP contribution in [0.4, 0.5) is 0 Å². The molecule has 5 aromatic rings. The van der Waals surface area contributed by atoms with Crippen LogP contribution in [0.5, 0.6) is 5.88 Å². The average molecular weight is 465 g/mol. The van der Waals surface area contributed by atoms with Crippen LogP contribution in [0.25, 0.3) is 38.8 Å². The van der Waals surface area contributed by atoms with Gasteiger partial charge >= 0.3 is 5.69 Å². The summed E-state index contributed by atoms with van der Waals surface area (Å²) in [6.07, 6.45) is 5.18. The third-order valence-corrected chi connectivity index (χ3v) is 5.91. The number of hydrogen-bond acceptors (Lipinski definition) is 6. The van der Waals surface area contributed by atoms with Crippen LogP contribution in [0, 0.1) is 0 Å². The highest BCUT2D eigenvalue weighted by Crippen LogP contribution is 2.32. The molecule has 0 amide bonds. The second-order valence-corrected chi connectivity index (χ2v) is 8.06. The van der Waals surface area contributed by atoms with Gasteiger partial charge in [0.2, 0.25) is 5.88 Å². The molecule has 4 heterocycles. The van der Waals surface area contributed by atoms with Crippen LogP contribution < -0.4 is 10.4 Å². The van der Waals surface area contributed by atoms with Crippen molar-refractivity contribution in [1.82, 2.24) is 28.9 Å². The lowest BCUT2D eigenvalue weighted by Gasteiger charge is -2.10. The van der Waals surface area contributed by atoms with Crippen molar-refractivity contribution in [3.8, 4) is 22.7 Å². The molecule has 0 saturated heterocycles. The molecule has 10 heteroatoms. The summed E-state index contributed by atoms with van der Waals surface area (Å²) >= 11 is 6.37. The summed E-state index contributed by atoms with van der Waals surface area (Å²) in [7, 11) is 6.69. The summed E-state index contributed by atoms with van der Waals surface area (Å²) in [6.45, 7) is 0.376. The Kier molecular flexibility index (Phi) is 5.15. The molecule has 0 unspecified atom stereocenters. The highest BCUT2D eigenvalue weighted by Gasteiger charge is 2.20. The average Bonchev–Trinajstić information content (AvgIpc) is 3.28. The Hall–Kier alpha value is -3.69. The van der Waals surface area contributed by atoms with E-state index in [9.17, 15) is 4.79 Å². The zero-order valence-corrected chi connectivity index (χ0v) is 19.3. The molecule has 0 N–H and O–H groups in total. The van der Waals surface area contributed by atoms with Gasteiger partial charge in [-0.25, -0.2) is 9.78 Å². The number of methoxy groups -OCH3 is 2. The van der Waals surface area contributed by atoms with Gasteiger partial charge in [-0.05, 0) is 23.8 Å². The van der Waals surface area contributed by atoms with E-state index in [-0.39, 0.29) is 10.8 Å². The fourth-order valence-electron chi connectivity index (χ4n) is 4.10. The van der Waals surface area contributed by atoms with Crippen LogP contribution in [0.2, 0.25) is 5.15 Å². The Morgan fingerprint density at radius 2 is 1.88 bits per heavy atom. The third kappa shape index (κ3) is 3.37. The maximum atomic E-state index is 13.2. The van der Waals surface area contributed by atoms with Crippen molar-refractivity contribution in [3.05, 3.63) is 64.1 Å². The Morgan fingerprint density at radius 3 is 2.58 bits per heavy atom. The standard InChI is InChI=1S/C23H21ClN6O3/c1-28-11-19(21(24)27-28)30-20-16-8-13(14-7-15(12-32-3)22(33-4)26-9-14)5-6-17(16)25-10-18(20)29(2)23(30)31/h5-11H,12H2,1-4H3. The quantitative estimate of drug-likeness (QED) is 0.395. The second-order valence-electron chi connectivity index (χ2n) is 7.71. The predicted octanol–water partition coefficient (Wildman–Crippen LogP) is 3.48. The van der Waals surface area contributed by atoms with E-state index < -0.39 is 0 Å². The van der Waals surface area contributed by atoms with Crippen molar-refractivity contribution in [1.29, 1.82) is 0 Å². The van der Waals surface area contributed by atoms with Crippen molar-refractivity contribution >= 4 is 33.5 Å². The van der Waals surface area contributed by atoms with Crippen LogP contribution in [0.15, 0.2) is 47.7 Å². The highest BCUT2D eigenvalue weighted by atomic mass is 35.5. The number of benzene rings is 1. The minimum absolute atomic E-state index is 0.229. The molecule has 0 aliphatic rings. The largest absolute Gasteiger partial charge is 0.481 e. The van der Waals surface area contributed by atoms with Gasteiger partial charge in [0.05, 0.1) is 42.7 Å².